The minimum Gasteiger partial charge on any atom is -0.481 e. The summed E-state index contributed by atoms with van der Waals surface area (Å²) in [4.78, 5) is 23.0. The van der Waals surface area contributed by atoms with Crippen molar-refractivity contribution >= 4 is 11.9 Å². The van der Waals surface area contributed by atoms with E-state index in [-0.39, 0.29) is 12.5 Å². The Morgan fingerprint density at radius 3 is 2.32 bits per heavy atom. The number of carboxylic acids is 1. The van der Waals surface area contributed by atoms with Crippen LogP contribution in [0.3, 0.4) is 0 Å². The van der Waals surface area contributed by atoms with E-state index >= 15 is 0 Å². The van der Waals surface area contributed by atoms with Crippen LogP contribution in [0.2, 0.25) is 0 Å². The van der Waals surface area contributed by atoms with Crippen LogP contribution in [0.15, 0.2) is 0 Å². The fourth-order valence-corrected chi connectivity index (χ4v) is 2.88. The Bertz CT molecular complexity index is 386. The summed E-state index contributed by atoms with van der Waals surface area (Å²) in [6.07, 6.45) is 0.980. The molecule has 1 aliphatic heterocycles. The molecule has 6 nitrogen and oxygen atoms in total. The lowest BCUT2D eigenvalue weighted by atomic mass is 9.94. The van der Waals surface area contributed by atoms with Crippen LogP contribution in [-0.4, -0.2) is 47.4 Å². The van der Waals surface area contributed by atoms with Gasteiger partial charge in [0.05, 0.1) is 17.4 Å². The van der Waals surface area contributed by atoms with E-state index in [4.69, 9.17) is 9.84 Å². The first-order valence-electron chi connectivity index (χ1n) is 6.59. The molecule has 2 aliphatic rings. The maximum Gasteiger partial charge on any atom is 0.307 e. The molecule has 1 saturated heterocycles. The molecule has 1 aliphatic carbocycles. The summed E-state index contributed by atoms with van der Waals surface area (Å²) in [7, 11) is 0. The quantitative estimate of drug-likeness (QED) is 0.669. The molecule has 3 N–H and O–H groups in total. The van der Waals surface area contributed by atoms with Gasteiger partial charge in [-0.15, -0.1) is 0 Å². The Balaban J connectivity index is 1.87. The Morgan fingerprint density at radius 2 is 1.84 bits per heavy atom. The minimum absolute atomic E-state index is 0.161. The predicted molar refractivity (Wildman–Crippen MR) is 66.4 cm³/mol. The summed E-state index contributed by atoms with van der Waals surface area (Å²) in [5.41, 5.74) is -1.43. The lowest BCUT2D eigenvalue weighted by Crippen LogP contribution is -2.47. The first-order chi connectivity index (χ1) is 8.78. The fraction of sp³-hybridized carbons (Fsp3) is 0.846. The van der Waals surface area contributed by atoms with Gasteiger partial charge in [-0.05, 0) is 5.41 Å². The maximum absolute atomic E-state index is 12.0. The van der Waals surface area contributed by atoms with E-state index in [2.05, 4.69) is 5.32 Å². The smallest absolute Gasteiger partial charge is 0.307 e. The Kier molecular flexibility index (Phi) is 3.57. The van der Waals surface area contributed by atoms with Gasteiger partial charge >= 0.3 is 5.97 Å². The monoisotopic (exact) mass is 271 g/mol. The van der Waals surface area contributed by atoms with Crippen LogP contribution < -0.4 is 5.32 Å². The van der Waals surface area contributed by atoms with Gasteiger partial charge in [-0.2, -0.15) is 0 Å². The first-order valence-corrected chi connectivity index (χ1v) is 6.59. The van der Waals surface area contributed by atoms with E-state index in [1.807, 2.05) is 0 Å². The standard InChI is InChI=1S/C13H21NO5/c1-12(2)8(9(12)11(16)17)10(15)14-7-13(18)3-5-19-6-4-13/h8-9,18H,3-7H2,1-2H3,(H,14,15)(H,16,17)/t8-,9+/m1/s1. The Hall–Kier alpha value is -1.14. The highest BCUT2D eigenvalue weighted by atomic mass is 16.5. The number of nitrogens with one attached hydrogen (secondary N) is 1. The van der Waals surface area contributed by atoms with Crippen molar-refractivity contribution in [2.45, 2.75) is 32.3 Å². The maximum atomic E-state index is 12.0. The van der Waals surface area contributed by atoms with Gasteiger partial charge in [0.15, 0.2) is 0 Å². The zero-order valence-corrected chi connectivity index (χ0v) is 11.3. The second-order valence-corrected chi connectivity index (χ2v) is 6.17. The molecule has 19 heavy (non-hydrogen) atoms. The van der Waals surface area contributed by atoms with Crippen molar-refractivity contribution < 1.29 is 24.5 Å². The molecule has 2 rings (SSSR count). The van der Waals surface area contributed by atoms with E-state index in [9.17, 15) is 14.7 Å². The van der Waals surface area contributed by atoms with Crippen LogP contribution >= 0.6 is 0 Å². The summed E-state index contributed by atoms with van der Waals surface area (Å²) < 4.78 is 5.16. The molecule has 0 aromatic carbocycles. The van der Waals surface area contributed by atoms with Crippen LogP contribution in [0.5, 0.6) is 0 Å². The number of amides is 1. The molecule has 0 aromatic heterocycles. The molecule has 0 unspecified atom stereocenters. The number of carbonyl (C=O) groups excluding carboxylic acids is 1. The van der Waals surface area contributed by atoms with Crippen molar-refractivity contribution in [3.05, 3.63) is 0 Å². The normalized spacial score (nSPS) is 31.5. The van der Waals surface area contributed by atoms with E-state index in [1.165, 1.54) is 0 Å². The summed E-state index contributed by atoms with van der Waals surface area (Å²) >= 11 is 0. The van der Waals surface area contributed by atoms with Crippen LogP contribution in [0, 0.1) is 17.3 Å². The van der Waals surface area contributed by atoms with Crippen molar-refractivity contribution in [1.82, 2.24) is 5.32 Å². The third-order valence-corrected chi connectivity index (χ3v) is 4.39. The zero-order chi connectivity index (χ0) is 14.3. The number of carboxylic acid groups (broad SMARTS) is 1. The number of carbonyl (C=O) groups is 2. The predicted octanol–water partition coefficient (Wildman–Crippen LogP) is 0.000900. The van der Waals surface area contributed by atoms with Gasteiger partial charge in [-0.3, -0.25) is 9.59 Å². The zero-order valence-electron chi connectivity index (χ0n) is 11.3. The summed E-state index contributed by atoms with van der Waals surface area (Å²) in [5.74, 6) is -2.35. The van der Waals surface area contributed by atoms with Gasteiger partial charge in [0.1, 0.15) is 0 Å². The minimum atomic E-state index is -0.935. The summed E-state index contributed by atoms with van der Waals surface area (Å²) in [6, 6.07) is 0. The molecule has 2 fully saturated rings. The second kappa shape index (κ2) is 4.76. The van der Waals surface area contributed by atoms with Crippen LogP contribution in [0.4, 0.5) is 0 Å². The van der Waals surface area contributed by atoms with Crippen molar-refractivity contribution in [2.75, 3.05) is 19.8 Å². The molecule has 6 heteroatoms. The van der Waals surface area contributed by atoms with Crippen LogP contribution in [0.25, 0.3) is 0 Å². The molecule has 0 spiro atoms. The van der Waals surface area contributed by atoms with Gasteiger partial charge in [0.25, 0.3) is 0 Å². The van der Waals surface area contributed by atoms with E-state index in [0.717, 1.165) is 0 Å². The average molecular weight is 271 g/mol. The highest BCUT2D eigenvalue weighted by Gasteiger charge is 2.65. The fourth-order valence-electron chi connectivity index (χ4n) is 2.88. The SMILES string of the molecule is CC1(C)[C@H](C(=O)O)[C@@H]1C(=O)NCC1(O)CCOCC1. The molecule has 1 saturated carbocycles. The highest BCUT2D eigenvalue weighted by Crippen LogP contribution is 2.58. The molecule has 0 bridgehead atoms. The second-order valence-electron chi connectivity index (χ2n) is 6.17. The van der Waals surface area contributed by atoms with Crippen molar-refractivity contribution in [3.8, 4) is 0 Å². The van der Waals surface area contributed by atoms with Gasteiger partial charge < -0.3 is 20.3 Å². The highest BCUT2D eigenvalue weighted by molar-refractivity contribution is 5.91. The average Bonchev–Trinajstić information content (AvgIpc) is 2.91. The Morgan fingerprint density at radius 1 is 1.26 bits per heavy atom. The number of aliphatic carboxylic acids is 1. The molecule has 1 heterocycles. The Labute approximate surface area is 112 Å². The lowest BCUT2D eigenvalue weighted by molar-refractivity contribution is -0.140. The number of hydrogen-bond donors (Lipinski definition) is 3. The first kappa shape index (κ1) is 14.3. The molecular weight excluding hydrogens is 250 g/mol. The summed E-state index contributed by atoms with van der Waals surface area (Å²) in [6.45, 7) is 4.69. The van der Waals surface area contributed by atoms with Crippen molar-refractivity contribution in [3.63, 3.8) is 0 Å². The van der Waals surface area contributed by atoms with E-state index in [0.29, 0.717) is 26.1 Å². The number of aliphatic hydroxyl groups is 1. The summed E-state index contributed by atoms with van der Waals surface area (Å²) in [5, 5.41) is 21.9. The van der Waals surface area contributed by atoms with Crippen LogP contribution in [-0.2, 0) is 14.3 Å². The molecule has 0 radical (unpaired) electrons. The molecular formula is C13H21NO5. The van der Waals surface area contributed by atoms with Crippen LogP contribution in [0.1, 0.15) is 26.7 Å². The molecule has 1 amide bonds. The number of rotatable bonds is 4. The third kappa shape index (κ3) is 2.74. The van der Waals surface area contributed by atoms with Crippen molar-refractivity contribution in [1.29, 1.82) is 0 Å². The number of hydrogen-bond acceptors (Lipinski definition) is 4. The third-order valence-electron chi connectivity index (χ3n) is 4.39. The van der Waals surface area contributed by atoms with Gasteiger partial charge in [0.2, 0.25) is 5.91 Å². The topological polar surface area (TPSA) is 95.9 Å². The van der Waals surface area contributed by atoms with E-state index < -0.39 is 28.8 Å². The lowest BCUT2D eigenvalue weighted by Gasteiger charge is -2.32. The largest absolute Gasteiger partial charge is 0.481 e. The van der Waals surface area contributed by atoms with Crippen molar-refractivity contribution in [2.24, 2.45) is 17.3 Å². The van der Waals surface area contributed by atoms with Gasteiger partial charge in [0, 0.05) is 32.6 Å². The molecule has 108 valence electrons. The van der Waals surface area contributed by atoms with E-state index in [1.54, 1.807) is 13.8 Å². The molecule has 0 aromatic rings. The van der Waals surface area contributed by atoms with Gasteiger partial charge in [-0.1, -0.05) is 13.8 Å². The molecule has 2 atom stereocenters. The number of ether oxygens (including phenoxy) is 1. The van der Waals surface area contributed by atoms with Gasteiger partial charge in [-0.25, -0.2) is 0 Å².